The molecule has 0 saturated heterocycles. The second kappa shape index (κ2) is 9.43. The number of halogens is 2. The highest BCUT2D eigenvalue weighted by Gasteiger charge is 2.54. The smallest absolute Gasteiger partial charge is 0.319 e. The Balaban J connectivity index is 2.54. The molecule has 0 aromatic heterocycles. The lowest BCUT2D eigenvalue weighted by atomic mass is 9.66. The first-order chi connectivity index (χ1) is 13.6. The molecule has 160 valence electrons. The van der Waals surface area contributed by atoms with Gasteiger partial charge in [-0.1, -0.05) is 6.07 Å². The van der Waals surface area contributed by atoms with Gasteiger partial charge in [-0.25, -0.2) is 8.78 Å². The maximum Gasteiger partial charge on any atom is 0.319 e. The molecule has 0 saturated carbocycles. The Bertz CT molecular complexity index is 795. The molecule has 0 N–H and O–H groups in total. The van der Waals surface area contributed by atoms with Crippen molar-refractivity contribution in [3.05, 3.63) is 35.4 Å². The van der Waals surface area contributed by atoms with Gasteiger partial charge in [-0.2, -0.15) is 0 Å². The number of hydrogen-bond donors (Lipinski definition) is 0. The maximum absolute atomic E-state index is 14.8. The van der Waals surface area contributed by atoms with Gasteiger partial charge in [-0.3, -0.25) is 14.6 Å². The fourth-order valence-electron chi connectivity index (χ4n) is 3.60. The molecule has 0 aliphatic carbocycles. The first-order valence-corrected chi connectivity index (χ1v) is 9.50. The van der Waals surface area contributed by atoms with Crippen molar-refractivity contribution in [3.8, 4) is 0 Å². The molecule has 1 heterocycles. The summed E-state index contributed by atoms with van der Waals surface area (Å²) in [5.41, 5.74) is -1.16. The third kappa shape index (κ3) is 4.80. The molecule has 1 aromatic carbocycles. The molecule has 0 radical (unpaired) electrons. The van der Waals surface area contributed by atoms with Crippen LogP contribution in [-0.4, -0.2) is 50.1 Å². The quantitative estimate of drug-likeness (QED) is 0.509. The van der Waals surface area contributed by atoms with E-state index in [0.29, 0.717) is 11.8 Å². The van der Waals surface area contributed by atoms with Crippen molar-refractivity contribution < 1.29 is 32.6 Å². The van der Waals surface area contributed by atoms with Crippen molar-refractivity contribution in [3.63, 3.8) is 0 Å². The van der Waals surface area contributed by atoms with E-state index in [4.69, 9.17) is 14.2 Å². The SMILES string of the molecule is COCCOC(=O)C1CC(C(=O)OC(C)C)(c2ccc(F)cc2F)C(C)N=C1C. The van der Waals surface area contributed by atoms with Crippen molar-refractivity contribution in [2.45, 2.75) is 51.7 Å². The van der Waals surface area contributed by atoms with Gasteiger partial charge in [0.15, 0.2) is 0 Å². The van der Waals surface area contributed by atoms with E-state index in [1.165, 1.54) is 13.2 Å². The summed E-state index contributed by atoms with van der Waals surface area (Å²) in [5, 5.41) is 0. The zero-order valence-electron chi connectivity index (χ0n) is 17.3. The zero-order chi connectivity index (χ0) is 21.8. The minimum absolute atomic E-state index is 0.0447. The van der Waals surface area contributed by atoms with E-state index in [1.807, 2.05) is 0 Å². The van der Waals surface area contributed by atoms with Crippen LogP contribution in [0.5, 0.6) is 0 Å². The summed E-state index contributed by atoms with van der Waals surface area (Å²) in [6.45, 7) is 6.93. The molecule has 3 atom stereocenters. The molecule has 0 bridgehead atoms. The average molecular weight is 411 g/mol. The Hall–Kier alpha value is -2.35. The van der Waals surface area contributed by atoms with Crippen LogP contribution >= 0.6 is 0 Å². The average Bonchev–Trinajstić information content (AvgIpc) is 2.62. The van der Waals surface area contributed by atoms with Crippen LogP contribution in [0.1, 0.15) is 39.7 Å². The van der Waals surface area contributed by atoms with E-state index in [1.54, 1.807) is 27.7 Å². The van der Waals surface area contributed by atoms with Gasteiger partial charge in [-0.15, -0.1) is 0 Å². The van der Waals surface area contributed by atoms with E-state index in [2.05, 4.69) is 4.99 Å². The molecule has 29 heavy (non-hydrogen) atoms. The number of carbonyl (C=O) groups excluding carboxylic acids is 2. The number of methoxy groups -OCH3 is 1. The minimum atomic E-state index is -1.59. The molecule has 0 amide bonds. The van der Waals surface area contributed by atoms with Crippen molar-refractivity contribution in [1.29, 1.82) is 0 Å². The molecule has 3 unspecified atom stereocenters. The van der Waals surface area contributed by atoms with Crippen LogP contribution in [0.4, 0.5) is 8.78 Å². The number of rotatable bonds is 7. The van der Waals surface area contributed by atoms with Crippen LogP contribution in [-0.2, 0) is 29.2 Å². The molecule has 1 aliphatic heterocycles. The van der Waals surface area contributed by atoms with E-state index < -0.39 is 47.1 Å². The Labute approximate surface area is 169 Å². The molecular weight excluding hydrogens is 384 g/mol. The highest BCUT2D eigenvalue weighted by molar-refractivity contribution is 6.03. The number of nitrogens with zero attached hydrogens (tertiary/aromatic N) is 1. The molecule has 1 aromatic rings. The molecule has 2 rings (SSSR count). The van der Waals surface area contributed by atoms with Crippen LogP contribution in [0.25, 0.3) is 0 Å². The van der Waals surface area contributed by atoms with E-state index in [-0.39, 0.29) is 25.2 Å². The predicted octanol–water partition coefficient (Wildman–Crippen LogP) is 3.21. The monoisotopic (exact) mass is 411 g/mol. The molecule has 0 fully saturated rings. The maximum atomic E-state index is 14.8. The molecule has 8 heteroatoms. The van der Waals surface area contributed by atoms with Crippen LogP contribution in [0.15, 0.2) is 23.2 Å². The van der Waals surface area contributed by atoms with Gasteiger partial charge >= 0.3 is 11.9 Å². The second-order valence-electron chi connectivity index (χ2n) is 7.41. The van der Waals surface area contributed by atoms with Gasteiger partial charge in [0.1, 0.15) is 23.7 Å². The Morgan fingerprint density at radius 2 is 1.97 bits per heavy atom. The fraction of sp³-hybridized carbons (Fsp3) is 0.571. The van der Waals surface area contributed by atoms with Gasteiger partial charge in [0.2, 0.25) is 0 Å². The van der Waals surface area contributed by atoms with Crippen LogP contribution in [0.2, 0.25) is 0 Å². The molecular formula is C21H27F2NO5. The minimum Gasteiger partial charge on any atom is -0.463 e. The lowest BCUT2D eigenvalue weighted by Gasteiger charge is -2.41. The van der Waals surface area contributed by atoms with Gasteiger partial charge in [0.05, 0.1) is 24.7 Å². The summed E-state index contributed by atoms with van der Waals surface area (Å²) >= 11 is 0. The van der Waals surface area contributed by atoms with Gasteiger partial charge < -0.3 is 14.2 Å². The number of hydrogen-bond acceptors (Lipinski definition) is 6. The molecule has 1 aliphatic rings. The highest BCUT2D eigenvalue weighted by Crippen LogP contribution is 2.43. The standard InChI is InChI=1S/C21H27F2NO5/c1-12(2)29-20(26)21(17-7-6-15(22)10-18(17)23)11-16(13(3)24-14(21)4)19(25)28-9-8-27-5/h6-7,10,12,14,16H,8-9,11H2,1-5H3. The van der Waals surface area contributed by atoms with Crippen LogP contribution < -0.4 is 0 Å². The Kier molecular flexibility index (Phi) is 7.46. The number of carbonyl (C=O) groups is 2. The number of ether oxygens (including phenoxy) is 3. The third-order valence-electron chi connectivity index (χ3n) is 5.08. The van der Waals surface area contributed by atoms with Crippen molar-refractivity contribution in [2.75, 3.05) is 20.3 Å². The highest BCUT2D eigenvalue weighted by atomic mass is 19.1. The van der Waals surface area contributed by atoms with E-state index >= 15 is 0 Å². The summed E-state index contributed by atoms with van der Waals surface area (Å²) in [6.07, 6.45) is -0.558. The van der Waals surface area contributed by atoms with E-state index in [0.717, 1.165) is 6.07 Å². The second-order valence-corrected chi connectivity index (χ2v) is 7.41. The first kappa shape index (κ1) is 22.9. The van der Waals surface area contributed by atoms with Gasteiger partial charge in [0, 0.05) is 24.5 Å². The van der Waals surface area contributed by atoms with Crippen molar-refractivity contribution in [2.24, 2.45) is 10.9 Å². The normalized spacial score (nSPS) is 24.2. The van der Waals surface area contributed by atoms with Gasteiger partial charge in [-0.05, 0) is 40.2 Å². The summed E-state index contributed by atoms with van der Waals surface area (Å²) in [4.78, 5) is 30.3. The summed E-state index contributed by atoms with van der Waals surface area (Å²) in [6, 6.07) is 2.28. The summed E-state index contributed by atoms with van der Waals surface area (Å²) < 4.78 is 43.8. The van der Waals surface area contributed by atoms with Gasteiger partial charge in [0.25, 0.3) is 0 Å². The predicted molar refractivity (Wildman–Crippen MR) is 103 cm³/mol. The fourth-order valence-corrected chi connectivity index (χ4v) is 3.60. The van der Waals surface area contributed by atoms with Crippen molar-refractivity contribution in [1.82, 2.24) is 0 Å². The number of esters is 2. The zero-order valence-corrected chi connectivity index (χ0v) is 17.3. The van der Waals surface area contributed by atoms with Crippen molar-refractivity contribution >= 4 is 17.7 Å². The lowest BCUT2D eigenvalue weighted by molar-refractivity contribution is -0.158. The number of benzene rings is 1. The topological polar surface area (TPSA) is 74.2 Å². The van der Waals surface area contributed by atoms with E-state index in [9.17, 15) is 18.4 Å². The number of aliphatic imine (C=N–C) groups is 1. The molecule has 6 nitrogen and oxygen atoms in total. The summed E-state index contributed by atoms with van der Waals surface area (Å²) in [5.74, 6) is -3.82. The molecule has 0 spiro atoms. The third-order valence-corrected chi connectivity index (χ3v) is 5.08. The largest absolute Gasteiger partial charge is 0.463 e. The Morgan fingerprint density at radius 3 is 2.55 bits per heavy atom. The van der Waals surface area contributed by atoms with Crippen LogP contribution in [0, 0.1) is 17.6 Å². The van der Waals surface area contributed by atoms with Crippen LogP contribution in [0.3, 0.4) is 0 Å². The Morgan fingerprint density at radius 1 is 1.28 bits per heavy atom. The summed E-state index contributed by atoms with van der Waals surface area (Å²) in [7, 11) is 1.48. The first-order valence-electron chi connectivity index (χ1n) is 9.50. The lowest BCUT2D eigenvalue weighted by Crippen LogP contribution is -2.53.